The van der Waals surface area contributed by atoms with Crippen LogP contribution in [0.1, 0.15) is 50.4 Å². The van der Waals surface area contributed by atoms with Gasteiger partial charge >= 0.3 is 5.97 Å². The molecule has 0 aromatic heterocycles. The second-order valence-corrected chi connectivity index (χ2v) is 8.11. The molecule has 1 aromatic carbocycles. The third-order valence-corrected chi connectivity index (χ3v) is 5.14. The predicted octanol–water partition coefficient (Wildman–Crippen LogP) is 3.70. The highest BCUT2D eigenvalue weighted by atomic mass is 16.6. The summed E-state index contributed by atoms with van der Waals surface area (Å²) in [5.74, 6) is -1.15. The Labute approximate surface area is 135 Å². The van der Waals surface area contributed by atoms with Crippen LogP contribution in [-0.2, 0) is 0 Å². The lowest BCUT2D eigenvalue weighted by Crippen LogP contribution is -2.34. The predicted molar refractivity (Wildman–Crippen MR) is 86.9 cm³/mol. The molecule has 1 saturated carbocycles. The van der Waals surface area contributed by atoms with Gasteiger partial charge in [0.1, 0.15) is 5.69 Å². The first-order valence-electron chi connectivity index (χ1n) is 7.89. The summed E-state index contributed by atoms with van der Waals surface area (Å²) in [5, 5.41) is 20.5. The molecule has 3 rings (SSSR count). The molecule has 1 aromatic rings. The number of carboxylic acids is 1. The summed E-state index contributed by atoms with van der Waals surface area (Å²) < 4.78 is 0. The van der Waals surface area contributed by atoms with Gasteiger partial charge in [-0.15, -0.1) is 0 Å². The minimum absolute atomic E-state index is 0.0471. The van der Waals surface area contributed by atoms with Crippen LogP contribution in [0.15, 0.2) is 18.2 Å². The van der Waals surface area contributed by atoms with Gasteiger partial charge in [-0.25, -0.2) is 4.79 Å². The molecule has 6 heteroatoms. The molecule has 0 amide bonds. The molecule has 23 heavy (non-hydrogen) atoms. The molecule has 1 aliphatic heterocycles. The van der Waals surface area contributed by atoms with E-state index in [4.69, 9.17) is 5.11 Å². The highest BCUT2D eigenvalue weighted by Crippen LogP contribution is 2.54. The maximum absolute atomic E-state index is 11.4. The largest absolute Gasteiger partial charge is 0.478 e. The maximum atomic E-state index is 11.4. The van der Waals surface area contributed by atoms with Crippen LogP contribution >= 0.6 is 0 Å². The van der Waals surface area contributed by atoms with Crippen molar-refractivity contribution in [1.82, 2.24) is 0 Å². The minimum Gasteiger partial charge on any atom is -0.478 e. The lowest BCUT2D eigenvalue weighted by molar-refractivity contribution is -0.384. The number of carboxylic acid groups (broad SMARTS) is 1. The molecule has 2 atom stereocenters. The second-order valence-electron chi connectivity index (χ2n) is 8.11. The third kappa shape index (κ3) is 2.78. The van der Waals surface area contributed by atoms with Gasteiger partial charge in [-0.3, -0.25) is 10.1 Å². The zero-order chi connectivity index (χ0) is 17.0. The fourth-order valence-corrected chi connectivity index (χ4v) is 4.79. The van der Waals surface area contributed by atoms with E-state index in [1.807, 2.05) is 0 Å². The summed E-state index contributed by atoms with van der Waals surface area (Å²) in [6.45, 7) is 7.54. The van der Waals surface area contributed by atoms with Crippen molar-refractivity contribution in [2.75, 3.05) is 11.4 Å². The molecule has 2 bridgehead atoms. The van der Waals surface area contributed by atoms with Gasteiger partial charge < -0.3 is 10.0 Å². The van der Waals surface area contributed by atoms with Crippen LogP contribution < -0.4 is 4.90 Å². The molecule has 1 saturated heterocycles. The summed E-state index contributed by atoms with van der Waals surface area (Å²) in [6, 6.07) is 4.50. The lowest BCUT2D eigenvalue weighted by Gasteiger charge is -2.39. The Balaban J connectivity index is 2.02. The van der Waals surface area contributed by atoms with Crippen molar-refractivity contribution in [1.29, 1.82) is 0 Å². The van der Waals surface area contributed by atoms with Gasteiger partial charge in [-0.1, -0.05) is 20.8 Å². The molecular formula is C17H22N2O4. The van der Waals surface area contributed by atoms with E-state index in [9.17, 15) is 14.9 Å². The average Bonchev–Trinajstić information content (AvgIpc) is 2.67. The number of anilines is 1. The van der Waals surface area contributed by atoms with Crippen molar-refractivity contribution >= 4 is 17.3 Å². The Kier molecular flexibility index (Phi) is 3.39. The Hall–Kier alpha value is -2.11. The van der Waals surface area contributed by atoms with Crippen LogP contribution in [0, 0.1) is 20.9 Å². The van der Waals surface area contributed by atoms with Gasteiger partial charge in [-0.05, 0) is 42.2 Å². The summed E-state index contributed by atoms with van der Waals surface area (Å²) in [4.78, 5) is 24.2. The Morgan fingerprint density at radius 2 is 2.04 bits per heavy atom. The van der Waals surface area contributed by atoms with Gasteiger partial charge in [-0.2, -0.15) is 0 Å². The van der Waals surface area contributed by atoms with Crippen LogP contribution in [0.4, 0.5) is 11.4 Å². The van der Waals surface area contributed by atoms with Crippen molar-refractivity contribution in [3.8, 4) is 0 Å². The van der Waals surface area contributed by atoms with E-state index in [1.54, 1.807) is 6.07 Å². The summed E-state index contributed by atoms with van der Waals surface area (Å²) in [5.41, 5.74) is 0.771. The van der Waals surface area contributed by atoms with Crippen molar-refractivity contribution in [3.05, 3.63) is 33.9 Å². The second kappa shape index (κ2) is 4.94. The van der Waals surface area contributed by atoms with Crippen molar-refractivity contribution in [3.63, 3.8) is 0 Å². The molecule has 1 N–H and O–H groups in total. The zero-order valence-electron chi connectivity index (χ0n) is 13.7. The third-order valence-electron chi connectivity index (χ3n) is 5.14. The van der Waals surface area contributed by atoms with Crippen LogP contribution in [0.5, 0.6) is 0 Å². The number of rotatable bonds is 3. The monoisotopic (exact) mass is 318 g/mol. The van der Waals surface area contributed by atoms with Crippen LogP contribution in [0.25, 0.3) is 0 Å². The topological polar surface area (TPSA) is 83.7 Å². The SMILES string of the molecule is CC1(C)C[C@@H]2C[C@@](C)(CN2c2ccc(C(=O)O)cc2[N+](=O)[O-])C1. The Morgan fingerprint density at radius 3 is 2.65 bits per heavy atom. The van der Waals surface area contributed by atoms with E-state index in [0.29, 0.717) is 5.69 Å². The molecule has 1 heterocycles. The van der Waals surface area contributed by atoms with Crippen molar-refractivity contribution in [2.24, 2.45) is 10.8 Å². The number of hydrogen-bond acceptors (Lipinski definition) is 4. The first-order chi connectivity index (χ1) is 10.6. The number of aromatic carboxylic acids is 1. The molecule has 1 aliphatic carbocycles. The average molecular weight is 318 g/mol. The van der Waals surface area contributed by atoms with Gasteiger partial charge in [0.2, 0.25) is 0 Å². The first-order valence-corrected chi connectivity index (χ1v) is 7.89. The molecule has 124 valence electrons. The highest BCUT2D eigenvalue weighted by molar-refractivity contribution is 5.90. The van der Waals surface area contributed by atoms with Gasteiger partial charge in [0.25, 0.3) is 5.69 Å². The van der Waals surface area contributed by atoms with Crippen molar-refractivity contribution in [2.45, 2.75) is 46.1 Å². The molecule has 0 unspecified atom stereocenters. The van der Waals surface area contributed by atoms with Crippen LogP contribution in [0.2, 0.25) is 0 Å². The van der Waals surface area contributed by atoms with Crippen LogP contribution in [-0.4, -0.2) is 28.6 Å². The van der Waals surface area contributed by atoms with Gasteiger partial charge in [0, 0.05) is 18.7 Å². The van der Waals surface area contributed by atoms with Gasteiger partial charge in [0.05, 0.1) is 10.5 Å². The Bertz CT molecular complexity index is 685. The summed E-state index contributed by atoms with van der Waals surface area (Å²) in [7, 11) is 0. The van der Waals surface area contributed by atoms with E-state index in [0.717, 1.165) is 25.8 Å². The number of hydrogen-bond donors (Lipinski definition) is 1. The van der Waals surface area contributed by atoms with E-state index in [1.165, 1.54) is 12.1 Å². The number of nitrogens with zero attached hydrogens (tertiary/aromatic N) is 2. The molecule has 2 aliphatic rings. The normalized spacial score (nSPS) is 28.7. The molecule has 2 fully saturated rings. The number of nitro benzene ring substituents is 1. The zero-order valence-corrected chi connectivity index (χ0v) is 13.7. The van der Waals surface area contributed by atoms with Crippen molar-refractivity contribution < 1.29 is 14.8 Å². The van der Waals surface area contributed by atoms with E-state index in [-0.39, 0.29) is 28.1 Å². The Morgan fingerprint density at radius 1 is 1.35 bits per heavy atom. The smallest absolute Gasteiger partial charge is 0.335 e. The fraction of sp³-hybridized carbons (Fsp3) is 0.588. The van der Waals surface area contributed by atoms with Crippen LogP contribution in [0.3, 0.4) is 0 Å². The number of nitro groups is 1. The maximum Gasteiger partial charge on any atom is 0.335 e. The number of fused-ring (bicyclic) bond motifs is 2. The van der Waals surface area contributed by atoms with E-state index < -0.39 is 10.9 Å². The molecule has 0 spiro atoms. The van der Waals surface area contributed by atoms with Gasteiger partial charge in [0.15, 0.2) is 0 Å². The first kappa shape index (κ1) is 15.8. The standard InChI is InChI=1S/C17H22N2O4/c1-16(2)7-12-8-17(3,9-16)10-18(12)13-5-4-11(15(20)21)6-14(13)19(22)23/h4-6,12H,7-10H2,1-3H3,(H,20,21)/t12-,17-/m1/s1. The lowest BCUT2D eigenvalue weighted by atomic mass is 9.65. The summed E-state index contributed by atoms with van der Waals surface area (Å²) in [6.07, 6.45) is 3.14. The molecular weight excluding hydrogens is 296 g/mol. The fourth-order valence-electron chi connectivity index (χ4n) is 4.79. The molecule has 0 radical (unpaired) electrons. The number of benzene rings is 1. The number of carbonyl (C=O) groups is 1. The quantitative estimate of drug-likeness (QED) is 0.678. The molecule has 6 nitrogen and oxygen atoms in total. The highest BCUT2D eigenvalue weighted by Gasteiger charge is 2.50. The minimum atomic E-state index is -1.15. The summed E-state index contributed by atoms with van der Waals surface area (Å²) >= 11 is 0. The van der Waals surface area contributed by atoms with E-state index >= 15 is 0 Å². The van der Waals surface area contributed by atoms with E-state index in [2.05, 4.69) is 25.7 Å².